The molecule has 0 aliphatic carbocycles. The second-order valence-electron chi connectivity index (χ2n) is 31.6. The average molecular weight is 1650 g/mol. The number of aryl methyl sites for hydroxylation is 4. The molecule has 12 heteroatoms. The predicted octanol–water partition coefficient (Wildman–Crippen LogP) is 30.7. The highest BCUT2D eigenvalue weighted by Crippen LogP contribution is 2.44. The van der Waals surface area contributed by atoms with Crippen LogP contribution in [0.4, 0.5) is 0 Å². The zero-order valence-electron chi connectivity index (χ0n) is 70.5. The molecule has 0 fully saturated rings. The second-order valence-corrected chi connectivity index (χ2v) is 31.6. The third kappa shape index (κ3) is 15.9. The summed E-state index contributed by atoms with van der Waals surface area (Å²) in [5.41, 5.74) is 32.2. The molecule has 0 saturated carbocycles. The van der Waals surface area contributed by atoms with Gasteiger partial charge in [0, 0.05) is 87.6 Å². The molecule has 0 aliphatic rings. The van der Waals surface area contributed by atoms with Crippen LogP contribution in [-0.2, 0) is 0 Å². The quantitative estimate of drug-likeness (QED) is 0.114. The Morgan fingerprint density at radius 3 is 0.680 bits per heavy atom. The fraction of sp³-hybridized carbons (Fsp3) is 0.0345. The van der Waals surface area contributed by atoms with Gasteiger partial charge in [0.25, 0.3) is 0 Å². The van der Waals surface area contributed by atoms with E-state index in [1.165, 1.54) is 33.4 Å². The highest BCUT2D eigenvalue weighted by atomic mass is 16.3. The molecule has 24 rings (SSSR count). The summed E-state index contributed by atoms with van der Waals surface area (Å²) in [5, 5.41) is 8.75. The van der Waals surface area contributed by atoms with E-state index in [0.717, 1.165) is 212 Å². The van der Waals surface area contributed by atoms with E-state index in [9.17, 15) is 0 Å². The number of rotatable bonds is 12. The maximum Gasteiger partial charge on any atom is 0.136 e. The summed E-state index contributed by atoms with van der Waals surface area (Å²) in [6.07, 6.45) is 0. The number of aromatic nitrogens is 8. The molecule has 8 heterocycles. The summed E-state index contributed by atoms with van der Waals surface area (Å²) in [4.78, 5) is 38.2. The van der Waals surface area contributed by atoms with Gasteiger partial charge in [-0.15, -0.1) is 0 Å². The van der Waals surface area contributed by atoms with Crippen LogP contribution in [0.25, 0.3) is 222 Å². The summed E-state index contributed by atoms with van der Waals surface area (Å²) in [5.74, 6) is 2.97. The van der Waals surface area contributed by atoms with Crippen molar-refractivity contribution < 1.29 is 17.7 Å². The summed E-state index contributed by atoms with van der Waals surface area (Å²) in [6.45, 7) is 7.78. The molecule has 16 aromatic carbocycles. The van der Waals surface area contributed by atoms with Crippen molar-refractivity contribution >= 4 is 87.8 Å². The minimum Gasteiger partial charge on any atom is -0.456 e. The second kappa shape index (κ2) is 34.4. The SMILES string of the molecule is Cc1nc(-c2cc(-c3ccccc3)cc(-c3ccccc3)c2)cc(-c2cccc3oc4ccccc4c23)n1.Cc1nc(-c2ccc(-c3ccccc3)cc2)cc(-c2cccc3oc4ccccc4c23)n1.Cc1nc(-c2cccc(-c3ccccc3)c2)cc(-c2cccc3oc4ccccc4c23)n1.Cc1nc(-c2ccccc2)cc(-c2cccc3oc4ccccc4c23)n1. The standard InChI is InChI=1S/C35H24N2O.2C29H20N2O.C23H16N2O/c1-23-36-31(22-32(37-23)29-16-10-18-34-35(29)30-15-8-9-17-33(30)38-34)28-20-26(24-11-4-2-5-12-24)19-27(21-28)25-13-6-3-7-14-25;1-19-30-25(22-12-7-11-21(17-22)20-9-3-2-4-10-20)18-26(31-19)23-14-8-16-28-29(23)24-13-5-6-15-27(24)32-28;1-19-30-25(22-16-14-21(15-17-22)20-8-3-2-4-9-20)18-26(31-19)23-11-7-13-28-29(23)24-10-5-6-12-27(24)32-28;1-15-24-19(16-8-3-2-4-9-16)14-20(25-15)17-11-7-13-22-23(17)18-10-5-6-12-21(18)26-22/h2-22H,1H3;2*2-18H,1H3;2-14H,1H3. The van der Waals surface area contributed by atoms with E-state index in [2.05, 4.69) is 254 Å². The van der Waals surface area contributed by atoms with Gasteiger partial charge in [-0.1, -0.05) is 315 Å². The lowest BCUT2D eigenvalue weighted by molar-refractivity contribution is 0.668. The first-order valence-electron chi connectivity index (χ1n) is 42.7. The lowest BCUT2D eigenvalue weighted by Crippen LogP contribution is -1.96. The van der Waals surface area contributed by atoms with Crippen LogP contribution in [-0.4, -0.2) is 39.9 Å². The maximum absolute atomic E-state index is 6.15. The number of hydrogen-bond acceptors (Lipinski definition) is 12. The van der Waals surface area contributed by atoms with E-state index in [0.29, 0.717) is 0 Å². The van der Waals surface area contributed by atoms with E-state index >= 15 is 0 Å². The third-order valence-corrected chi connectivity index (χ3v) is 23.1. The number of nitrogens with zero attached hydrogens (tertiary/aromatic N) is 8. The van der Waals surface area contributed by atoms with Crippen molar-refractivity contribution in [3.05, 3.63) is 436 Å². The van der Waals surface area contributed by atoms with Gasteiger partial charge in [-0.25, -0.2) is 39.9 Å². The Labute approximate surface area is 738 Å². The van der Waals surface area contributed by atoms with Gasteiger partial charge in [-0.3, -0.25) is 0 Å². The predicted molar refractivity (Wildman–Crippen MR) is 521 cm³/mol. The highest BCUT2D eigenvalue weighted by Gasteiger charge is 2.22. The van der Waals surface area contributed by atoms with E-state index in [1.54, 1.807) is 0 Å². The fourth-order valence-corrected chi connectivity index (χ4v) is 17.3. The Bertz CT molecular complexity index is 8180. The average Bonchev–Trinajstić information content (AvgIpc) is 1.60. The van der Waals surface area contributed by atoms with E-state index in [4.69, 9.17) is 52.6 Å². The van der Waals surface area contributed by atoms with Crippen LogP contribution in [0, 0.1) is 27.7 Å². The maximum atomic E-state index is 6.15. The summed E-state index contributed by atoms with van der Waals surface area (Å²) < 4.78 is 24.3. The lowest BCUT2D eigenvalue weighted by atomic mass is 9.94. The molecule has 0 amide bonds. The molecule has 0 N–H and O–H groups in total. The van der Waals surface area contributed by atoms with Gasteiger partial charge in [-0.2, -0.15) is 0 Å². The third-order valence-electron chi connectivity index (χ3n) is 23.1. The zero-order valence-corrected chi connectivity index (χ0v) is 70.5. The minimum atomic E-state index is 0.730. The molecule has 12 nitrogen and oxygen atoms in total. The van der Waals surface area contributed by atoms with Crippen molar-refractivity contribution in [3.8, 4) is 135 Å². The molecular weight excluding hydrogens is 1570 g/mol. The summed E-state index contributed by atoms with van der Waals surface area (Å²) in [6, 6.07) is 141. The smallest absolute Gasteiger partial charge is 0.136 e. The van der Waals surface area contributed by atoms with E-state index in [-0.39, 0.29) is 0 Å². The molecular formula is C116H80N8O4. The van der Waals surface area contributed by atoms with Crippen molar-refractivity contribution in [2.75, 3.05) is 0 Å². The van der Waals surface area contributed by atoms with Gasteiger partial charge in [0.15, 0.2) is 0 Å². The normalized spacial score (nSPS) is 11.3. The van der Waals surface area contributed by atoms with E-state index in [1.807, 2.05) is 191 Å². The molecule has 0 saturated heterocycles. The molecule has 0 aliphatic heterocycles. The monoisotopic (exact) mass is 1650 g/mol. The van der Waals surface area contributed by atoms with Crippen LogP contribution in [0.3, 0.4) is 0 Å². The van der Waals surface area contributed by atoms with Gasteiger partial charge >= 0.3 is 0 Å². The minimum absolute atomic E-state index is 0.730. The van der Waals surface area contributed by atoms with Crippen LogP contribution < -0.4 is 0 Å². The molecule has 24 aromatic rings. The van der Waals surface area contributed by atoms with Crippen molar-refractivity contribution in [1.82, 2.24) is 39.9 Å². The lowest BCUT2D eigenvalue weighted by Gasteiger charge is -2.12. The van der Waals surface area contributed by atoms with Gasteiger partial charge in [0.1, 0.15) is 68.0 Å². The Morgan fingerprint density at radius 2 is 0.344 bits per heavy atom. The largest absolute Gasteiger partial charge is 0.456 e. The van der Waals surface area contributed by atoms with Gasteiger partial charge in [-0.05, 0) is 169 Å². The van der Waals surface area contributed by atoms with Crippen molar-refractivity contribution in [1.29, 1.82) is 0 Å². The molecule has 0 unspecified atom stereocenters. The number of fused-ring (bicyclic) bond motifs is 12. The molecule has 0 spiro atoms. The Kier molecular flexibility index (Phi) is 21.0. The van der Waals surface area contributed by atoms with Crippen LogP contribution in [0.1, 0.15) is 23.3 Å². The van der Waals surface area contributed by atoms with Crippen molar-refractivity contribution in [3.63, 3.8) is 0 Å². The Hall–Kier alpha value is -17.0. The van der Waals surface area contributed by atoms with Crippen LogP contribution >= 0.6 is 0 Å². The number of para-hydroxylation sites is 4. The number of furan rings is 4. The van der Waals surface area contributed by atoms with E-state index < -0.39 is 0 Å². The van der Waals surface area contributed by atoms with Gasteiger partial charge in [0.05, 0.1) is 45.6 Å². The molecule has 608 valence electrons. The molecule has 128 heavy (non-hydrogen) atoms. The molecule has 0 radical (unpaired) electrons. The Balaban J connectivity index is 0.000000105. The zero-order chi connectivity index (χ0) is 86.0. The van der Waals surface area contributed by atoms with Crippen LogP contribution in [0.2, 0.25) is 0 Å². The van der Waals surface area contributed by atoms with Gasteiger partial charge < -0.3 is 17.7 Å². The first kappa shape index (κ1) is 78.3. The Morgan fingerprint density at radius 1 is 0.141 bits per heavy atom. The topological polar surface area (TPSA) is 156 Å². The highest BCUT2D eigenvalue weighted by molar-refractivity contribution is 6.15. The number of benzene rings is 16. The van der Waals surface area contributed by atoms with Crippen LogP contribution in [0.5, 0.6) is 0 Å². The summed E-state index contributed by atoms with van der Waals surface area (Å²) >= 11 is 0. The fourth-order valence-electron chi connectivity index (χ4n) is 17.3. The number of hydrogen-bond donors (Lipinski definition) is 0. The summed E-state index contributed by atoms with van der Waals surface area (Å²) in [7, 11) is 0. The molecule has 0 bridgehead atoms. The first-order valence-corrected chi connectivity index (χ1v) is 42.7. The first-order chi connectivity index (χ1) is 63.0. The van der Waals surface area contributed by atoms with Crippen molar-refractivity contribution in [2.24, 2.45) is 0 Å². The van der Waals surface area contributed by atoms with Gasteiger partial charge in [0.2, 0.25) is 0 Å². The molecule has 0 atom stereocenters. The molecule has 8 aromatic heterocycles. The van der Waals surface area contributed by atoms with Crippen molar-refractivity contribution in [2.45, 2.75) is 27.7 Å². The van der Waals surface area contributed by atoms with Crippen LogP contribution in [0.15, 0.2) is 430 Å².